The van der Waals surface area contributed by atoms with Gasteiger partial charge in [0.1, 0.15) is 4.88 Å². The number of anilines is 2. The van der Waals surface area contributed by atoms with Crippen molar-refractivity contribution in [3.8, 4) is 0 Å². The number of carbonyl (C=O) groups is 1. The van der Waals surface area contributed by atoms with E-state index in [0.29, 0.717) is 16.3 Å². The maximum absolute atomic E-state index is 11.7. The lowest BCUT2D eigenvalue weighted by Gasteiger charge is -2.06. The zero-order chi connectivity index (χ0) is 11.5. The number of nitrogens with two attached hydrogens (primary N) is 1. The number of hydrogen-bond acceptors (Lipinski definition) is 4. The molecule has 0 saturated heterocycles. The van der Waals surface area contributed by atoms with E-state index >= 15 is 0 Å². The maximum Gasteiger partial charge on any atom is 0.267 e. The van der Waals surface area contributed by atoms with Crippen molar-refractivity contribution in [2.24, 2.45) is 0 Å². The summed E-state index contributed by atoms with van der Waals surface area (Å²) in [6.07, 6.45) is 1.53. The number of aromatic nitrogens is 1. The summed E-state index contributed by atoms with van der Waals surface area (Å²) in [5.41, 5.74) is 8.55. The molecule has 0 fully saturated rings. The summed E-state index contributed by atoms with van der Waals surface area (Å²) in [6, 6.07) is 5.22. The molecular formula is C10H8BrN3OS. The van der Waals surface area contributed by atoms with E-state index in [2.05, 4.69) is 26.2 Å². The van der Waals surface area contributed by atoms with Gasteiger partial charge < -0.3 is 11.1 Å². The highest BCUT2D eigenvalue weighted by Crippen LogP contribution is 2.25. The molecule has 16 heavy (non-hydrogen) atoms. The lowest BCUT2D eigenvalue weighted by Crippen LogP contribution is -2.10. The first-order valence-electron chi connectivity index (χ1n) is 4.41. The van der Waals surface area contributed by atoms with Crippen LogP contribution in [0.25, 0.3) is 0 Å². The van der Waals surface area contributed by atoms with Crippen LogP contribution in [-0.4, -0.2) is 10.9 Å². The minimum Gasteiger partial charge on any atom is -0.399 e. The van der Waals surface area contributed by atoms with Gasteiger partial charge >= 0.3 is 0 Å². The molecule has 0 aliphatic carbocycles. The Morgan fingerprint density at radius 3 is 2.94 bits per heavy atom. The van der Waals surface area contributed by atoms with Crippen molar-refractivity contribution in [2.45, 2.75) is 0 Å². The zero-order valence-electron chi connectivity index (χ0n) is 8.11. The molecule has 0 atom stereocenters. The molecule has 1 heterocycles. The van der Waals surface area contributed by atoms with Gasteiger partial charge in [-0.2, -0.15) is 0 Å². The van der Waals surface area contributed by atoms with Crippen molar-refractivity contribution in [1.29, 1.82) is 0 Å². The predicted octanol–water partition coefficient (Wildman–Crippen LogP) is 2.74. The monoisotopic (exact) mass is 297 g/mol. The average molecular weight is 298 g/mol. The maximum atomic E-state index is 11.7. The van der Waals surface area contributed by atoms with E-state index in [1.165, 1.54) is 17.5 Å². The summed E-state index contributed by atoms with van der Waals surface area (Å²) < 4.78 is 0.755. The molecule has 0 radical (unpaired) electrons. The van der Waals surface area contributed by atoms with E-state index in [4.69, 9.17) is 5.73 Å². The van der Waals surface area contributed by atoms with Crippen LogP contribution in [0.15, 0.2) is 34.4 Å². The number of amides is 1. The standard InChI is InChI=1S/C10H8BrN3OS/c11-7-3-6(12)1-2-8(7)14-10(15)9-4-13-5-16-9/h1-5H,12H2,(H,14,15). The molecule has 82 valence electrons. The second kappa shape index (κ2) is 4.63. The molecule has 1 amide bonds. The van der Waals surface area contributed by atoms with E-state index in [-0.39, 0.29) is 5.91 Å². The second-order valence-electron chi connectivity index (χ2n) is 3.06. The van der Waals surface area contributed by atoms with Crippen LogP contribution in [0.2, 0.25) is 0 Å². The highest BCUT2D eigenvalue weighted by Gasteiger charge is 2.09. The normalized spacial score (nSPS) is 10.1. The van der Waals surface area contributed by atoms with Crippen molar-refractivity contribution in [1.82, 2.24) is 4.98 Å². The van der Waals surface area contributed by atoms with Gasteiger partial charge in [-0.1, -0.05) is 0 Å². The summed E-state index contributed by atoms with van der Waals surface area (Å²) >= 11 is 4.63. The first kappa shape index (κ1) is 11.1. The molecule has 1 aromatic heterocycles. The third-order valence-electron chi connectivity index (χ3n) is 1.90. The van der Waals surface area contributed by atoms with Crippen LogP contribution in [0.5, 0.6) is 0 Å². The Morgan fingerprint density at radius 1 is 1.50 bits per heavy atom. The van der Waals surface area contributed by atoms with Gasteiger partial charge in [-0.3, -0.25) is 9.78 Å². The lowest BCUT2D eigenvalue weighted by molar-refractivity contribution is 0.103. The van der Waals surface area contributed by atoms with Gasteiger partial charge in [0.25, 0.3) is 5.91 Å². The van der Waals surface area contributed by atoms with Crippen molar-refractivity contribution >= 4 is 44.5 Å². The smallest absolute Gasteiger partial charge is 0.267 e. The van der Waals surface area contributed by atoms with E-state index in [9.17, 15) is 4.79 Å². The molecule has 0 aliphatic rings. The second-order valence-corrected chi connectivity index (χ2v) is 4.80. The van der Waals surface area contributed by atoms with Gasteiger partial charge in [-0.15, -0.1) is 11.3 Å². The number of nitrogen functional groups attached to an aromatic ring is 1. The van der Waals surface area contributed by atoms with Gasteiger partial charge in [0.05, 0.1) is 17.4 Å². The highest BCUT2D eigenvalue weighted by atomic mass is 79.9. The van der Waals surface area contributed by atoms with E-state index < -0.39 is 0 Å². The lowest BCUT2D eigenvalue weighted by atomic mass is 10.3. The molecule has 3 N–H and O–H groups in total. The number of halogens is 1. The highest BCUT2D eigenvalue weighted by molar-refractivity contribution is 9.10. The van der Waals surface area contributed by atoms with Crippen LogP contribution >= 0.6 is 27.3 Å². The van der Waals surface area contributed by atoms with E-state index in [0.717, 1.165) is 4.47 Å². The molecule has 1 aromatic carbocycles. The topological polar surface area (TPSA) is 68.0 Å². The molecule has 0 spiro atoms. The van der Waals surface area contributed by atoms with Crippen LogP contribution in [0.3, 0.4) is 0 Å². The molecule has 0 bridgehead atoms. The van der Waals surface area contributed by atoms with Gasteiger partial charge in [-0.25, -0.2) is 0 Å². The fourth-order valence-corrected chi connectivity index (χ4v) is 2.16. The Balaban J connectivity index is 2.18. The third kappa shape index (κ3) is 2.40. The summed E-state index contributed by atoms with van der Waals surface area (Å²) in [5, 5.41) is 2.77. The molecule has 0 unspecified atom stereocenters. The van der Waals surface area contributed by atoms with Gasteiger partial charge in [0.2, 0.25) is 0 Å². The molecule has 0 aliphatic heterocycles. The number of carbonyl (C=O) groups excluding carboxylic acids is 1. The number of nitrogens with one attached hydrogen (secondary N) is 1. The van der Waals surface area contributed by atoms with Crippen molar-refractivity contribution in [3.05, 3.63) is 39.3 Å². The fraction of sp³-hybridized carbons (Fsp3) is 0. The molecular weight excluding hydrogens is 290 g/mol. The molecule has 2 aromatic rings. The molecule has 6 heteroatoms. The quantitative estimate of drug-likeness (QED) is 0.838. The third-order valence-corrected chi connectivity index (χ3v) is 3.33. The Bertz CT molecular complexity index is 513. The van der Waals surface area contributed by atoms with Crippen LogP contribution in [-0.2, 0) is 0 Å². The van der Waals surface area contributed by atoms with Crippen LogP contribution < -0.4 is 11.1 Å². The van der Waals surface area contributed by atoms with Crippen molar-refractivity contribution in [3.63, 3.8) is 0 Å². The van der Waals surface area contributed by atoms with Crippen molar-refractivity contribution < 1.29 is 4.79 Å². The summed E-state index contributed by atoms with van der Waals surface area (Å²) in [5.74, 6) is -0.173. The Morgan fingerprint density at radius 2 is 2.31 bits per heavy atom. The minimum absolute atomic E-state index is 0.173. The average Bonchev–Trinajstić information content (AvgIpc) is 2.75. The number of hydrogen-bond donors (Lipinski definition) is 2. The SMILES string of the molecule is Nc1ccc(NC(=O)c2cncs2)c(Br)c1. The first-order valence-corrected chi connectivity index (χ1v) is 6.09. The summed E-state index contributed by atoms with van der Waals surface area (Å²) in [7, 11) is 0. The Hall–Kier alpha value is -1.40. The van der Waals surface area contributed by atoms with E-state index in [1.54, 1.807) is 23.7 Å². The number of benzene rings is 1. The Labute approximate surface area is 105 Å². The van der Waals surface area contributed by atoms with Gasteiger partial charge in [-0.05, 0) is 34.1 Å². The fourth-order valence-electron chi connectivity index (χ4n) is 1.14. The van der Waals surface area contributed by atoms with Crippen LogP contribution in [0, 0.1) is 0 Å². The number of rotatable bonds is 2. The molecule has 0 saturated carbocycles. The summed E-state index contributed by atoms with van der Waals surface area (Å²) in [6.45, 7) is 0. The molecule has 2 rings (SSSR count). The number of thiazole rings is 1. The Kier molecular flexibility index (Phi) is 3.21. The zero-order valence-corrected chi connectivity index (χ0v) is 10.5. The number of nitrogens with zero attached hydrogens (tertiary/aromatic N) is 1. The van der Waals surface area contributed by atoms with E-state index in [1.807, 2.05) is 0 Å². The largest absolute Gasteiger partial charge is 0.399 e. The summed E-state index contributed by atoms with van der Waals surface area (Å²) in [4.78, 5) is 16.1. The van der Waals surface area contributed by atoms with Gasteiger partial charge in [0.15, 0.2) is 0 Å². The van der Waals surface area contributed by atoms with Crippen LogP contribution in [0.1, 0.15) is 9.67 Å². The molecule has 4 nitrogen and oxygen atoms in total. The minimum atomic E-state index is -0.173. The van der Waals surface area contributed by atoms with Crippen molar-refractivity contribution in [2.75, 3.05) is 11.1 Å². The van der Waals surface area contributed by atoms with Gasteiger partial charge in [0, 0.05) is 10.2 Å². The van der Waals surface area contributed by atoms with Crippen LogP contribution in [0.4, 0.5) is 11.4 Å². The predicted molar refractivity (Wildman–Crippen MR) is 68.6 cm³/mol. The first-order chi connectivity index (χ1) is 7.66.